The number of aromatic amines is 1. The number of carbonyl (C=O) groups excluding carboxylic acids is 3. The molecule has 8 heteroatoms. The van der Waals surface area contributed by atoms with Crippen molar-refractivity contribution >= 4 is 66.9 Å². The smallest absolute Gasteiger partial charge is 0.548 e. The number of hydrogen-bond acceptors (Lipinski definition) is 4. The molecule has 0 spiro atoms. The maximum atomic E-state index is 11.8. The van der Waals surface area contributed by atoms with Crippen molar-refractivity contribution in [3.05, 3.63) is 36.0 Å². The molecule has 3 N–H and O–H groups in total. The molecule has 1 aromatic carbocycles. The number of nitrogens with one attached hydrogen (secondary N) is 3. The zero-order chi connectivity index (χ0) is 16.1. The van der Waals surface area contributed by atoms with Gasteiger partial charge in [-0.3, -0.25) is 9.59 Å². The fraction of sp³-hybridized carbons (Fsp3) is 0.267. The van der Waals surface area contributed by atoms with E-state index < -0.39 is 24.0 Å². The molecule has 0 fully saturated rings. The minimum Gasteiger partial charge on any atom is -0.548 e. The predicted molar refractivity (Wildman–Crippen MR) is 83.4 cm³/mol. The summed E-state index contributed by atoms with van der Waals surface area (Å²) in [6.07, 6.45) is 2.18. The van der Waals surface area contributed by atoms with E-state index in [2.05, 4.69) is 15.6 Å². The largest absolute Gasteiger partial charge is 2.00 e. The van der Waals surface area contributed by atoms with Crippen LogP contribution in [0.25, 0.3) is 10.9 Å². The summed E-state index contributed by atoms with van der Waals surface area (Å²) < 4.78 is 0. The average Bonchev–Trinajstić information content (AvgIpc) is 2.90. The summed E-state index contributed by atoms with van der Waals surface area (Å²) >= 11 is 0. The number of carbonyl (C=O) groups is 3. The van der Waals surface area contributed by atoms with Gasteiger partial charge in [0.25, 0.3) is 0 Å². The Hall–Kier alpha value is -1.57. The van der Waals surface area contributed by atoms with Gasteiger partial charge in [0, 0.05) is 23.5 Å². The fourth-order valence-corrected chi connectivity index (χ4v) is 2.19. The van der Waals surface area contributed by atoms with Crippen LogP contribution in [0.2, 0.25) is 0 Å². The third kappa shape index (κ3) is 4.95. The summed E-state index contributed by atoms with van der Waals surface area (Å²) in [5.74, 6) is -1.96. The molecule has 116 valence electrons. The number of aromatic nitrogens is 1. The van der Waals surface area contributed by atoms with Gasteiger partial charge in [0.2, 0.25) is 12.3 Å². The van der Waals surface area contributed by atoms with Crippen LogP contribution in [0.5, 0.6) is 0 Å². The number of carboxylic acids is 1. The Morgan fingerprint density at radius 3 is 2.70 bits per heavy atom. The fourth-order valence-electron chi connectivity index (χ4n) is 2.19. The number of rotatable bonds is 7. The molecule has 2 atom stereocenters. The van der Waals surface area contributed by atoms with Crippen molar-refractivity contribution in [3.8, 4) is 0 Å². The van der Waals surface area contributed by atoms with Crippen LogP contribution >= 0.6 is 0 Å². The number of carboxylic acid groups (broad SMARTS) is 1. The maximum absolute atomic E-state index is 11.8. The topological polar surface area (TPSA) is 114 Å². The van der Waals surface area contributed by atoms with Gasteiger partial charge in [-0.25, -0.2) is 0 Å². The van der Waals surface area contributed by atoms with Crippen LogP contribution in [0.4, 0.5) is 0 Å². The van der Waals surface area contributed by atoms with E-state index in [0.29, 0.717) is 6.41 Å². The second-order valence-electron chi connectivity index (χ2n) is 4.95. The Labute approximate surface area is 162 Å². The molecule has 0 radical (unpaired) electrons. The normalized spacial score (nSPS) is 12.7. The summed E-state index contributed by atoms with van der Waals surface area (Å²) in [4.78, 5) is 36.4. The number of para-hydroxylation sites is 1. The number of aliphatic carboxylic acids is 1. The maximum Gasteiger partial charge on any atom is 2.00 e. The first-order valence-corrected chi connectivity index (χ1v) is 6.79. The Morgan fingerprint density at radius 2 is 2.04 bits per heavy atom. The van der Waals surface area contributed by atoms with E-state index in [4.69, 9.17) is 0 Å². The Morgan fingerprint density at radius 1 is 1.35 bits per heavy atom. The third-order valence-electron chi connectivity index (χ3n) is 3.41. The van der Waals surface area contributed by atoms with Crippen molar-refractivity contribution in [2.75, 3.05) is 0 Å². The predicted octanol–water partition coefficient (Wildman–Crippen LogP) is -1.30. The second kappa shape index (κ2) is 8.90. The van der Waals surface area contributed by atoms with Gasteiger partial charge in [0.05, 0.1) is 12.0 Å². The quantitative estimate of drug-likeness (QED) is 0.428. The third-order valence-corrected chi connectivity index (χ3v) is 3.41. The molecule has 0 aliphatic rings. The van der Waals surface area contributed by atoms with Gasteiger partial charge in [-0.15, -0.1) is 0 Å². The first kappa shape index (κ1) is 19.5. The summed E-state index contributed by atoms with van der Waals surface area (Å²) in [5.41, 5.74) is 1.65. The molecule has 2 amide bonds. The summed E-state index contributed by atoms with van der Waals surface area (Å²) in [6.45, 7) is 1.46. The standard InChI is InChI=1S/C15H17N3O4.Ca/c1-9(17-8-19)14(20)18-13(15(21)22)6-10-7-16-12-5-3-2-4-11(10)12;/h2-5,7-9,13,16H,6H2,1H3,(H,17,19)(H,18,20)(H,21,22);/q;+2/p-1/t9-,13-;/m0./s1. The monoisotopic (exact) mass is 342 g/mol. The van der Waals surface area contributed by atoms with E-state index in [1.165, 1.54) is 6.92 Å². The molecular formula is C15H16CaN3O4+. The molecule has 1 aromatic heterocycles. The van der Waals surface area contributed by atoms with Gasteiger partial charge in [-0.05, 0) is 18.6 Å². The van der Waals surface area contributed by atoms with E-state index in [1.54, 1.807) is 6.20 Å². The van der Waals surface area contributed by atoms with Crippen molar-refractivity contribution in [2.24, 2.45) is 0 Å². The molecule has 2 aromatic rings. The van der Waals surface area contributed by atoms with Crippen molar-refractivity contribution in [3.63, 3.8) is 0 Å². The van der Waals surface area contributed by atoms with Crippen LogP contribution in [-0.4, -0.2) is 73.1 Å². The second-order valence-corrected chi connectivity index (χ2v) is 4.95. The SMILES string of the molecule is C[C@H](NC=O)C(=O)N[C@@H](Cc1c[nH]c2ccccc12)C(=O)[O-].[Ca+2]. The summed E-state index contributed by atoms with van der Waals surface area (Å²) in [5, 5.41) is 16.8. The van der Waals surface area contributed by atoms with Crippen molar-refractivity contribution < 1.29 is 19.5 Å². The zero-order valence-electron chi connectivity index (χ0n) is 12.7. The number of hydrogen-bond donors (Lipinski definition) is 3. The van der Waals surface area contributed by atoms with Crippen LogP contribution < -0.4 is 15.7 Å². The summed E-state index contributed by atoms with van der Waals surface area (Å²) in [6, 6.07) is 5.47. The molecular weight excluding hydrogens is 326 g/mol. The number of H-pyrrole nitrogens is 1. The molecule has 0 aliphatic carbocycles. The van der Waals surface area contributed by atoms with Crippen LogP contribution in [-0.2, 0) is 20.8 Å². The molecule has 1 heterocycles. The van der Waals surface area contributed by atoms with Crippen LogP contribution in [0.15, 0.2) is 30.5 Å². The number of fused-ring (bicyclic) bond motifs is 1. The van der Waals surface area contributed by atoms with Gasteiger partial charge in [0.15, 0.2) is 0 Å². The molecule has 2 rings (SSSR count). The van der Waals surface area contributed by atoms with Crippen molar-refractivity contribution in [1.82, 2.24) is 15.6 Å². The van der Waals surface area contributed by atoms with Crippen molar-refractivity contribution in [2.45, 2.75) is 25.4 Å². The Balaban J connectivity index is 0.00000264. The molecule has 7 nitrogen and oxygen atoms in total. The van der Waals surface area contributed by atoms with Crippen LogP contribution in [0.3, 0.4) is 0 Å². The van der Waals surface area contributed by atoms with E-state index >= 15 is 0 Å². The zero-order valence-corrected chi connectivity index (χ0v) is 14.9. The average molecular weight is 342 g/mol. The van der Waals surface area contributed by atoms with Crippen LogP contribution in [0, 0.1) is 0 Å². The van der Waals surface area contributed by atoms with E-state index in [9.17, 15) is 19.5 Å². The first-order valence-electron chi connectivity index (χ1n) is 6.79. The Kier molecular flexibility index (Phi) is 7.54. The molecule has 0 saturated heterocycles. The number of benzene rings is 1. The van der Waals surface area contributed by atoms with E-state index in [-0.39, 0.29) is 44.2 Å². The van der Waals surface area contributed by atoms with Crippen molar-refractivity contribution in [1.29, 1.82) is 0 Å². The van der Waals surface area contributed by atoms with Gasteiger partial charge in [-0.1, -0.05) is 18.2 Å². The minimum atomic E-state index is -1.38. The first-order chi connectivity index (χ1) is 10.5. The molecule has 0 saturated carbocycles. The minimum absolute atomic E-state index is 0. The number of amides is 2. The Bertz CT molecular complexity index is 701. The summed E-state index contributed by atoms with van der Waals surface area (Å²) in [7, 11) is 0. The molecule has 0 aliphatic heterocycles. The van der Waals surface area contributed by atoms with Gasteiger partial charge < -0.3 is 25.5 Å². The molecule has 23 heavy (non-hydrogen) atoms. The van der Waals surface area contributed by atoms with Gasteiger partial charge in [0.1, 0.15) is 6.04 Å². The van der Waals surface area contributed by atoms with Gasteiger partial charge >= 0.3 is 37.7 Å². The molecule has 0 bridgehead atoms. The van der Waals surface area contributed by atoms with E-state index in [0.717, 1.165) is 16.5 Å². The molecule has 0 unspecified atom stereocenters. The van der Waals surface area contributed by atoms with Crippen LogP contribution in [0.1, 0.15) is 12.5 Å². The van der Waals surface area contributed by atoms with E-state index in [1.807, 2.05) is 24.3 Å². The van der Waals surface area contributed by atoms with Gasteiger partial charge in [-0.2, -0.15) is 0 Å².